The standard InChI is InChI=1S/C28H42N8O5/c1-3-21-27(30-19-9-16-41-17-10-19)33-28(25(32-21)26(29)38)31-20-7-8-22(23(18-20)40-2)36-14-12-35(13-15-36)11-5-4-6-24(37)34-39/h7-8,18-19,39H,3-6,9-17H2,1-2H3,(H2,29,38)(H,34,37)(H2,30,31,33). The number of primary amides is 1. The summed E-state index contributed by atoms with van der Waals surface area (Å²) >= 11 is 0. The largest absolute Gasteiger partial charge is 0.495 e. The first-order chi connectivity index (χ1) is 19.9. The average molecular weight is 571 g/mol. The summed E-state index contributed by atoms with van der Waals surface area (Å²) in [4.78, 5) is 37.5. The number of amides is 2. The molecule has 224 valence electrons. The Morgan fingerprint density at radius 3 is 2.54 bits per heavy atom. The van der Waals surface area contributed by atoms with Crippen LogP contribution in [-0.2, 0) is 16.0 Å². The number of aryl methyl sites for hydroxylation is 1. The zero-order valence-electron chi connectivity index (χ0n) is 23.9. The number of carbonyl (C=O) groups is 2. The van der Waals surface area contributed by atoms with Crippen molar-refractivity contribution >= 4 is 34.8 Å². The number of nitrogens with zero attached hydrogens (tertiary/aromatic N) is 4. The Morgan fingerprint density at radius 2 is 1.88 bits per heavy atom. The number of hydrogen-bond donors (Lipinski definition) is 5. The molecule has 0 bridgehead atoms. The average Bonchev–Trinajstić information content (AvgIpc) is 3.00. The van der Waals surface area contributed by atoms with Crippen molar-refractivity contribution in [3.8, 4) is 5.75 Å². The second-order valence-corrected chi connectivity index (χ2v) is 10.3. The van der Waals surface area contributed by atoms with Crippen molar-refractivity contribution in [2.75, 3.05) is 68.6 Å². The molecule has 2 saturated heterocycles. The number of hydroxylamine groups is 1. The summed E-state index contributed by atoms with van der Waals surface area (Å²) < 4.78 is 11.2. The number of anilines is 4. The van der Waals surface area contributed by atoms with Gasteiger partial charge in [-0.25, -0.2) is 15.4 Å². The van der Waals surface area contributed by atoms with Crippen LogP contribution >= 0.6 is 0 Å². The van der Waals surface area contributed by atoms with E-state index in [4.69, 9.17) is 25.4 Å². The zero-order chi connectivity index (χ0) is 29.2. The number of rotatable bonds is 13. The molecule has 0 atom stereocenters. The van der Waals surface area contributed by atoms with Gasteiger partial charge >= 0.3 is 0 Å². The lowest BCUT2D eigenvalue weighted by Gasteiger charge is -2.36. The van der Waals surface area contributed by atoms with Crippen LogP contribution in [0, 0.1) is 0 Å². The molecular weight excluding hydrogens is 528 g/mol. The predicted molar refractivity (Wildman–Crippen MR) is 156 cm³/mol. The van der Waals surface area contributed by atoms with Gasteiger partial charge in [0, 0.05) is 63.6 Å². The molecule has 0 aliphatic carbocycles. The topological polar surface area (TPSA) is 167 Å². The molecule has 0 unspecified atom stereocenters. The molecule has 0 spiro atoms. The summed E-state index contributed by atoms with van der Waals surface area (Å²) in [5, 5.41) is 15.3. The van der Waals surface area contributed by atoms with Crippen molar-refractivity contribution in [3.63, 3.8) is 0 Å². The molecule has 2 aliphatic rings. The number of aromatic nitrogens is 2. The molecule has 0 saturated carbocycles. The summed E-state index contributed by atoms with van der Waals surface area (Å²) in [6.07, 6.45) is 4.33. The van der Waals surface area contributed by atoms with Gasteiger partial charge in [-0.05, 0) is 50.8 Å². The molecule has 2 aliphatic heterocycles. The van der Waals surface area contributed by atoms with Crippen molar-refractivity contribution in [2.45, 2.75) is 51.5 Å². The van der Waals surface area contributed by atoms with E-state index in [1.807, 2.05) is 25.1 Å². The summed E-state index contributed by atoms with van der Waals surface area (Å²) in [6, 6.07) is 6.05. The van der Waals surface area contributed by atoms with Gasteiger partial charge in [0.1, 0.15) is 5.75 Å². The highest BCUT2D eigenvalue weighted by Crippen LogP contribution is 2.34. The molecule has 41 heavy (non-hydrogen) atoms. The van der Waals surface area contributed by atoms with E-state index in [1.54, 1.807) is 12.6 Å². The van der Waals surface area contributed by atoms with E-state index in [9.17, 15) is 9.59 Å². The molecule has 4 rings (SSSR count). The maximum atomic E-state index is 12.3. The minimum atomic E-state index is -0.648. The number of ether oxygens (including phenoxy) is 2. The molecule has 2 amide bonds. The SMILES string of the molecule is CCc1nc(C(N)=O)c(Nc2ccc(N3CCN(CCCCC(=O)NO)CC3)c(OC)c2)nc1NC1CCOCC1. The maximum absolute atomic E-state index is 12.3. The highest BCUT2D eigenvalue weighted by atomic mass is 16.5. The number of unbranched alkanes of at least 4 members (excludes halogenated alkanes) is 1. The van der Waals surface area contributed by atoms with Gasteiger partial charge in [-0.1, -0.05) is 6.92 Å². The van der Waals surface area contributed by atoms with Gasteiger partial charge in [0.2, 0.25) is 5.91 Å². The summed E-state index contributed by atoms with van der Waals surface area (Å²) in [5.41, 5.74) is 9.84. The highest BCUT2D eigenvalue weighted by Gasteiger charge is 2.23. The van der Waals surface area contributed by atoms with Crippen LogP contribution in [0.4, 0.5) is 23.0 Å². The number of nitrogens with one attached hydrogen (secondary N) is 3. The van der Waals surface area contributed by atoms with Crippen LogP contribution in [0.2, 0.25) is 0 Å². The molecule has 1 aromatic carbocycles. The lowest BCUT2D eigenvalue weighted by molar-refractivity contribution is -0.129. The normalized spacial score (nSPS) is 16.3. The molecule has 0 radical (unpaired) electrons. The van der Waals surface area contributed by atoms with E-state index < -0.39 is 5.91 Å². The van der Waals surface area contributed by atoms with Crippen LogP contribution in [0.1, 0.15) is 55.2 Å². The Balaban J connectivity index is 1.43. The van der Waals surface area contributed by atoms with E-state index in [2.05, 4.69) is 25.4 Å². The Hall–Kier alpha value is -3.68. The first kappa shape index (κ1) is 30.3. The van der Waals surface area contributed by atoms with Gasteiger partial charge in [-0.3, -0.25) is 19.7 Å². The van der Waals surface area contributed by atoms with E-state index >= 15 is 0 Å². The van der Waals surface area contributed by atoms with Gasteiger partial charge in [-0.2, -0.15) is 0 Å². The van der Waals surface area contributed by atoms with Crippen molar-refractivity contribution in [1.29, 1.82) is 0 Å². The van der Waals surface area contributed by atoms with Gasteiger partial charge in [0.05, 0.1) is 18.5 Å². The molecule has 2 aromatic rings. The van der Waals surface area contributed by atoms with Crippen LogP contribution < -0.4 is 31.5 Å². The molecular formula is C28H42N8O5. The van der Waals surface area contributed by atoms with Crippen LogP contribution in [0.15, 0.2) is 18.2 Å². The number of benzene rings is 1. The Labute approximate surface area is 240 Å². The fourth-order valence-electron chi connectivity index (χ4n) is 5.17. The highest BCUT2D eigenvalue weighted by molar-refractivity contribution is 5.96. The molecule has 2 fully saturated rings. The number of nitrogens with two attached hydrogens (primary N) is 1. The van der Waals surface area contributed by atoms with Gasteiger partial charge < -0.3 is 30.7 Å². The van der Waals surface area contributed by atoms with E-state index in [0.717, 1.165) is 64.1 Å². The first-order valence-electron chi connectivity index (χ1n) is 14.3. The molecule has 13 nitrogen and oxygen atoms in total. The quantitative estimate of drug-likeness (QED) is 0.136. The first-order valence-corrected chi connectivity index (χ1v) is 14.3. The fraction of sp³-hybridized carbons (Fsp3) is 0.571. The van der Waals surface area contributed by atoms with Crippen molar-refractivity contribution in [2.24, 2.45) is 5.73 Å². The van der Waals surface area contributed by atoms with E-state index in [1.165, 1.54) is 0 Å². The molecule has 3 heterocycles. The number of piperazine rings is 1. The smallest absolute Gasteiger partial charge is 0.271 e. The summed E-state index contributed by atoms with van der Waals surface area (Å²) in [7, 11) is 1.64. The number of methoxy groups -OCH3 is 1. The van der Waals surface area contributed by atoms with Crippen LogP contribution in [0.25, 0.3) is 0 Å². The van der Waals surface area contributed by atoms with Gasteiger partial charge in [0.25, 0.3) is 5.91 Å². The monoisotopic (exact) mass is 570 g/mol. The maximum Gasteiger partial charge on any atom is 0.271 e. The third-order valence-electron chi connectivity index (χ3n) is 7.51. The van der Waals surface area contributed by atoms with Crippen LogP contribution in [0.5, 0.6) is 5.75 Å². The summed E-state index contributed by atoms with van der Waals surface area (Å²) in [5.74, 6) is 0.653. The Kier molecular flexibility index (Phi) is 10.9. The third kappa shape index (κ3) is 8.18. The molecule has 1 aromatic heterocycles. The Morgan fingerprint density at radius 1 is 1.12 bits per heavy atom. The van der Waals surface area contributed by atoms with Gasteiger partial charge in [-0.15, -0.1) is 0 Å². The van der Waals surface area contributed by atoms with E-state index in [-0.39, 0.29) is 17.6 Å². The lowest BCUT2D eigenvalue weighted by atomic mass is 10.1. The minimum absolute atomic E-state index is 0.0931. The van der Waals surface area contributed by atoms with Crippen molar-refractivity contribution in [3.05, 3.63) is 29.6 Å². The van der Waals surface area contributed by atoms with Crippen molar-refractivity contribution in [1.82, 2.24) is 20.3 Å². The van der Waals surface area contributed by atoms with Crippen LogP contribution in [0.3, 0.4) is 0 Å². The lowest BCUT2D eigenvalue weighted by Crippen LogP contribution is -2.46. The van der Waals surface area contributed by atoms with Crippen molar-refractivity contribution < 1.29 is 24.3 Å². The minimum Gasteiger partial charge on any atom is -0.495 e. The second-order valence-electron chi connectivity index (χ2n) is 10.3. The number of carbonyl (C=O) groups excluding carboxylic acids is 2. The van der Waals surface area contributed by atoms with Crippen LogP contribution in [-0.4, -0.2) is 91.0 Å². The Bertz CT molecular complexity index is 1180. The predicted octanol–water partition coefficient (Wildman–Crippen LogP) is 2.28. The van der Waals surface area contributed by atoms with Gasteiger partial charge in [0.15, 0.2) is 17.3 Å². The van der Waals surface area contributed by atoms with E-state index in [0.29, 0.717) is 54.8 Å². The zero-order valence-corrected chi connectivity index (χ0v) is 23.9. The fourth-order valence-corrected chi connectivity index (χ4v) is 5.17. The molecule has 13 heteroatoms. The number of hydrogen-bond acceptors (Lipinski definition) is 11. The molecule has 6 N–H and O–H groups in total. The third-order valence-corrected chi connectivity index (χ3v) is 7.51. The summed E-state index contributed by atoms with van der Waals surface area (Å²) in [6.45, 7) is 7.78. The second kappa shape index (κ2) is 14.8.